The van der Waals surface area contributed by atoms with Crippen molar-refractivity contribution in [2.75, 3.05) is 0 Å². The van der Waals surface area contributed by atoms with Crippen LogP contribution in [0.2, 0.25) is 0 Å². The molecule has 0 heterocycles. The lowest BCUT2D eigenvalue weighted by molar-refractivity contribution is 0.166. The minimum atomic E-state index is -3.40. The lowest BCUT2D eigenvalue weighted by Gasteiger charge is -2.37. The van der Waals surface area contributed by atoms with Gasteiger partial charge in [-0.25, -0.2) is 13.1 Å². The fraction of sp³-hybridized carbons (Fsp3) is 0.625. The van der Waals surface area contributed by atoms with Gasteiger partial charge < -0.3 is 0 Å². The SMILES string of the molecule is CC(C)(C)C1CCC(NS(=O)(=O)c2ccc(Br)cc2)CC1. The molecule has 0 bridgehead atoms. The molecular formula is C16H24BrNO2S. The molecule has 0 aromatic heterocycles. The fourth-order valence-corrected chi connectivity index (χ4v) is 4.55. The quantitative estimate of drug-likeness (QED) is 0.856. The Labute approximate surface area is 136 Å². The first-order valence-corrected chi connectivity index (χ1v) is 9.74. The molecule has 0 unspecified atom stereocenters. The van der Waals surface area contributed by atoms with Crippen molar-refractivity contribution < 1.29 is 8.42 Å². The second kappa shape index (κ2) is 6.39. The highest BCUT2D eigenvalue weighted by Gasteiger charge is 2.31. The molecule has 0 amide bonds. The van der Waals surface area contributed by atoms with Crippen molar-refractivity contribution in [2.45, 2.75) is 57.4 Å². The first-order chi connectivity index (χ1) is 9.68. The van der Waals surface area contributed by atoms with E-state index in [0.29, 0.717) is 16.2 Å². The Balaban J connectivity index is 1.98. The van der Waals surface area contributed by atoms with Crippen LogP contribution in [0, 0.1) is 11.3 Å². The third-order valence-corrected chi connectivity index (χ3v) is 6.46. The van der Waals surface area contributed by atoms with Gasteiger partial charge in [-0.3, -0.25) is 0 Å². The lowest BCUT2D eigenvalue weighted by Crippen LogP contribution is -2.39. The molecule has 118 valence electrons. The molecule has 1 aliphatic rings. The number of sulfonamides is 1. The van der Waals surface area contributed by atoms with Crippen LogP contribution in [0.3, 0.4) is 0 Å². The zero-order valence-corrected chi connectivity index (χ0v) is 15.3. The van der Waals surface area contributed by atoms with Crippen LogP contribution in [-0.4, -0.2) is 14.5 Å². The van der Waals surface area contributed by atoms with Gasteiger partial charge in [-0.15, -0.1) is 0 Å². The number of halogens is 1. The monoisotopic (exact) mass is 373 g/mol. The van der Waals surface area contributed by atoms with E-state index in [4.69, 9.17) is 0 Å². The summed E-state index contributed by atoms with van der Waals surface area (Å²) in [5.74, 6) is 0.686. The van der Waals surface area contributed by atoms with Crippen molar-refractivity contribution in [1.82, 2.24) is 4.72 Å². The average molecular weight is 374 g/mol. The van der Waals surface area contributed by atoms with Gasteiger partial charge >= 0.3 is 0 Å². The van der Waals surface area contributed by atoms with Gasteiger partial charge in [-0.2, -0.15) is 0 Å². The largest absolute Gasteiger partial charge is 0.240 e. The number of benzene rings is 1. The maximum atomic E-state index is 12.4. The van der Waals surface area contributed by atoms with E-state index >= 15 is 0 Å². The van der Waals surface area contributed by atoms with E-state index in [-0.39, 0.29) is 6.04 Å². The number of hydrogen-bond acceptors (Lipinski definition) is 2. The number of rotatable bonds is 3. The molecule has 0 radical (unpaired) electrons. The van der Waals surface area contributed by atoms with Crippen LogP contribution >= 0.6 is 15.9 Å². The van der Waals surface area contributed by atoms with Crippen LogP contribution in [0.15, 0.2) is 33.6 Å². The van der Waals surface area contributed by atoms with E-state index in [1.165, 1.54) is 0 Å². The number of hydrogen-bond donors (Lipinski definition) is 1. The van der Waals surface area contributed by atoms with Crippen molar-refractivity contribution in [3.8, 4) is 0 Å². The zero-order valence-electron chi connectivity index (χ0n) is 12.9. The van der Waals surface area contributed by atoms with Crippen molar-refractivity contribution in [3.05, 3.63) is 28.7 Å². The molecular weight excluding hydrogens is 350 g/mol. The highest BCUT2D eigenvalue weighted by atomic mass is 79.9. The molecule has 1 fully saturated rings. The topological polar surface area (TPSA) is 46.2 Å². The Hall–Kier alpha value is -0.390. The fourth-order valence-electron chi connectivity index (χ4n) is 2.98. The van der Waals surface area contributed by atoms with Crippen LogP contribution in [0.1, 0.15) is 46.5 Å². The second-order valence-corrected chi connectivity index (χ2v) is 9.62. The molecule has 1 aromatic carbocycles. The summed E-state index contributed by atoms with van der Waals surface area (Å²) in [7, 11) is -3.40. The summed E-state index contributed by atoms with van der Waals surface area (Å²) in [4.78, 5) is 0.337. The first-order valence-electron chi connectivity index (χ1n) is 7.46. The zero-order chi connectivity index (χ0) is 15.7. The Morgan fingerprint density at radius 3 is 2.05 bits per heavy atom. The molecule has 0 spiro atoms. The molecule has 2 rings (SSSR count). The molecule has 5 heteroatoms. The van der Waals surface area contributed by atoms with Crippen molar-refractivity contribution >= 4 is 26.0 Å². The van der Waals surface area contributed by atoms with Crippen molar-refractivity contribution in [1.29, 1.82) is 0 Å². The molecule has 1 saturated carbocycles. The summed E-state index contributed by atoms with van der Waals surface area (Å²) in [5, 5.41) is 0. The van der Waals surface area contributed by atoms with Gasteiger partial charge in [0.05, 0.1) is 4.90 Å². The minimum absolute atomic E-state index is 0.0669. The summed E-state index contributed by atoms with van der Waals surface area (Å²) < 4.78 is 28.5. The second-order valence-electron chi connectivity index (χ2n) is 6.99. The number of nitrogens with one attached hydrogen (secondary N) is 1. The van der Waals surface area contributed by atoms with Gasteiger partial charge in [0, 0.05) is 10.5 Å². The van der Waals surface area contributed by atoms with Gasteiger partial charge in [0.15, 0.2) is 0 Å². The highest BCUT2D eigenvalue weighted by molar-refractivity contribution is 9.10. The summed E-state index contributed by atoms with van der Waals surface area (Å²) in [6, 6.07) is 6.84. The van der Waals surface area contributed by atoms with Crippen LogP contribution in [0.5, 0.6) is 0 Å². The molecule has 1 N–H and O–H groups in total. The predicted molar refractivity (Wildman–Crippen MR) is 89.7 cm³/mol. The molecule has 3 nitrogen and oxygen atoms in total. The summed E-state index contributed by atoms with van der Waals surface area (Å²) in [5.41, 5.74) is 0.315. The van der Waals surface area contributed by atoms with Gasteiger partial charge in [0.1, 0.15) is 0 Å². The van der Waals surface area contributed by atoms with Crippen LogP contribution in [0.4, 0.5) is 0 Å². The molecule has 0 atom stereocenters. The van der Waals surface area contributed by atoms with Gasteiger partial charge in [0.2, 0.25) is 10.0 Å². The average Bonchev–Trinajstić information content (AvgIpc) is 2.38. The third-order valence-electron chi connectivity index (χ3n) is 4.40. The highest BCUT2D eigenvalue weighted by Crippen LogP contribution is 2.38. The van der Waals surface area contributed by atoms with Gasteiger partial charge in [0.25, 0.3) is 0 Å². The molecule has 21 heavy (non-hydrogen) atoms. The van der Waals surface area contributed by atoms with Gasteiger partial charge in [-0.1, -0.05) is 36.7 Å². The normalized spacial score (nSPS) is 24.0. The summed E-state index contributed by atoms with van der Waals surface area (Å²) in [6.45, 7) is 6.80. The Morgan fingerprint density at radius 1 is 1.05 bits per heavy atom. The lowest BCUT2D eigenvalue weighted by atomic mass is 9.71. The van der Waals surface area contributed by atoms with Crippen molar-refractivity contribution in [3.63, 3.8) is 0 Å². The van der Waals surface area contributed by atoms with Gasteiger partial charge in [-0.05, 0) is 61.3 Å². The van der Waals surface area contributed by atoms with E-state index in [0.717, 1.165) is 30.2 Å². The standard InChI is InChI=1S/C16H24BrNO2S/c1-16(2,3)12-4-8-14(9-5-12)18-21(19,20)15-10-6-13(17)7-11-15/h6-7,10-12,14,18H,4-5,8-9H2,1-3H3. The maximum absolute atomic E-state index is 12.4. The van der Waals surface area contributed by atoms with E-state index in [1.807, 2.05) is 0 Å². The molecule has 0 saturated heterocycles. The summed E-state index contributed by atoms with van der Waals surface area (Å²) in [6.07, 6.45) is 4.05. The van der Waals surface area contributed by atoms with E-state index in [2.05, 4.69) is 41.4 Å². The van der Waals surface area contributed by atoms with E-state index in [1.54, 1.807) is 24.3 Å². The van der Waals surface area contributed by atoms with E-state index < -0.39 is 10.0 Å². The Kier molecular flexibility index (Phi) is 5.16. The molecule has 1 aromatic rings. The molecule has 0 aliphatic heterocycles. The van der Waals surface area contributed by atoms with Crippen molar-refractivity contribution in [2.24, 2.45) is 11.3 Å². The maximum Gasteiger partial charge on any atom is 0.240 e. The predicted octanol–water partition coefficient (Wildman–Crippen LogP) is 4.33. The first kappa shape index (κ1) is 17.0. The Morgan fingerprint density at radius 2 is 1.57 bits per heavy atom. The van der Waals surface area contributed by atoms with E-state index in [9.17, 15) is 8.42 Å². The Bertz CT molecular complexity index is 567. The smallest absolute Gasteiger partial charge is 0.208 e. The summed E-state index contributed by atoms with van der Waals surface area (Å²) >= 11 is 3.32. The molecule has 1 aliphatic carbocycles. The van der Waals surface area contributed by atoms with Crippen LogP contribution in [-0.2, 0) is 10.0 Å². The third kappa shape index (κ3) is 4.54. The van der Waals surface area contributed by atoms with Crippen LogP contribution in [0.25, 0.3) is 0 Å². The van der Waals surface area contributed by atoms with Crippen LogP contribution < -0.4 is 4.72 Å². The minimum Gasteiger partial charge on any atom is -0.208 e.